The van der Waals surface area contributed by atoms with Gasteiger partial charge in [0.1, 0.15) is 11.3 Å². The third-order valence-corrected chi connectivity index (χ3v) is 6.38. The molecule has 1 atom stereocenters. The molecule has 4 N–H and O–H groups in total. The average molecular weight is 501 g/mol. The second-order valence-corrected chi connectivity index (χ2v) is 8.98. The predicted octanol–water partition coefficient (Wildman–Crippen LogP) is 4.08. The first kappa shape index (κ1) is 23.1. The molecule has 4 heterocycles. The Morgan fingerprint density at radius 1 is 1.03 bits per heavy atom. The lowest BCUT2D eigenvalue weighted by molar-refractivity contribution is 0.0941. The number of nitrogens with one attached hydrogen (secondary N) is 2. The smallest absolute Gasteiger partial charge is 0.259 e. The van der Waals surface area contributed by atoms with Gasteiger partial charge in [0, 0.05) is 53.4 Å². The fraction of sp³-hybridized carbons (Fsp3) is 0.103. The molecule has 0 aliphatic rings. The molecule has 6 rings (SSSR count). The zero-order valence-corrected chi connectivity index (χ0v) is 20.8. The van der Waals surface area contributed by atoms with E-state index in [1.54, 1.807) is 23.1 Å². The Kier molecular flexibility index (Phi) is 5.62. The summed E-state index contributed by atoms with van der Waals surface area (Å²) in [6, 6.07) is 19.3. The largest absolute Gasteiger partial charge is 0.381 e. The van der Waals surface area contributed by atoms with Crippen LogP contribution in [0, 0.1) is 11.8 Å². The van der Waals surface area contributed by atoms with Crippen LogP contribution < -0.4 is 11.1 Å². The standard InChI is InChI=1S/C29H24N8O/c1-18(32-29(38)25-27(30)35-37-16-7-15-31-28(25)37)26-24(19-8-4-3-5-9-19)23-20(10-6-11-22(23)33-26)12-13-21-14-17-36(2)34-21/h3-11,14-18,33H,1-2H3,(H2,30,35)(H,32,38). The van der Waals surface area contributed by atoms with E-state index in [1.165, 1.54) is 4.52 Å². The molecule has 0 aliphatic heterocycles. The summed E-state index contributed by atoms with van der Waals surface area (Å²) in [7, 11) is 1.87. The summed E-state index contributed by atoms with van der Waals surface area (Å²) in [5.41, 5.74) is 12.1. The van der Waals surface area contributed by atoms with Gasteiger partial charge < -0.3 is 16.0 Å². The second kappa shape index (κ2) is 9.26. The number of H-pyrrole nitrogens is 1. The van der Waals surface area contributed by atoms with Gasteiger partial charge in [-0.3, -0.25) is 9.48 Å². The molecule has 0 radical (unpaired) electrons. The number of nitrogens with zero attached hydrogens (tertiary/aromatic N) is 5. The molecule has 0 spiro atoms. The lowest BCUT2D eigenvalue weighted by Gasteiger charge is -2.15. The Bertz CT molecular complexity index is 1870. The van der Waals surface area contributed by atoms with Crippen LogP contribution in [-0.2, 0) is 7.05 Å². The van der Waals surface area contributed by atoms with Crippen molar-refractivity contribution in [1.82, 2.24) is 34.7 Å². The van der Waals surface area contributed by atoms with Gasteiger partial charge >= 0.3 is 0 Å². The number of hydrogen-bond acceptors (Lipinski definition) is 5. The molecule has 0 saturated carbocycles. The number of aromatic nitrogens is 6. The number of nitrogens with two attached hydrogens (primary N) is 1. The Labute approximate surface area is 218 Å². The molecular formula is C29H24N8O. The summed E-state index contributed by atoms with van der Waals surface area (Å²) in [5.74, 6) is 6.25. The third kappa shape index (κ3) is 4.04. The van der Waals surface area contributed by atoms with Gasteiger partial charge in [-0.2, -0.15) is 5.10 Å². The van der Waals surface area contributed by atoms with Gasteiger partial charge in [-0.25, -0.2) is 9.50 Å². The molecule has 4 aromatic heterocycles. The van der Waals surface area contributed by atoms with Crippen molar-refractivity contribution in [2.24, 2.45) is 7.05 Å². The van der Waals surface area contributed by atoms with Gasteiger partial charge in [0.15, 0.2) is 11.5 Å². The van der Waals surface area contributed by atoms with Crippen LogP contribution in [-0.4, -0.2) is 35.3 Å². The van der Waals surface area contributed by atoms with E-state index in [9.17, 15) is 4.79 Å². The number of fused-ring (bicyclic) bond motifs is 2. The van der Waals surface area contributed by atoms with Gasteiger partial charge in [-0.1, -0.05) is 42.3 Å². The summed E-state index contributed by atoms with van der Waals surface area (Å²) >= 11 is 0. The van der Waals surface area contributed by atoms with Crippen molar-refractivity contribution in [1.29, 1.82) is 0 Å². The highest BCUT2D eigenvalue weighted by Crippen LogP contribution is 2.37. The lowest BCUT2D eigenvalue weighted by Crippen LogP contribution is -2.28. The minimum atomic E-state index is -0.389. The summed E-state index contributed by atoms with van der Waals surface area (Å²) in [6.07, 6.45) is 5.18. The highest BCUT2D eigenvalue weighted by Gasteiger charge is 2.25. The van der Waals surface area contributed by atoms with Crippen molar-refractivity contribution in [3.63, 3.8) is 0 Å². The number of hydrogen-bond donors (Lipinski definition) is 3. The monoisotopic (exact) mass is 500 g/mol. The van der Waals surface area contributed by atoms with Crippen LogP contribution in [0.5, 0.6) is 0 Å². The number of amides is 1. The molecule has 0 saturated heterocycles. The lowest BCUT2D eigenvalue weighted by atomic mass is 9.96. The van der Waals surface area contributed by atoms with Crippen LogP contribution in [0.25, 0.3) is 27.7 Å². The van der Waals surface area contributed by atoms with Crippen molar-refractivity contribution in [3.8, 4) is 23.0 Å². The molecule has 0 bridgehead atoms. The van der Waals surface area contributed by atoms with E-state index in [1.807, 2.05) is 62.6 Å². The number of anilines is 1. The maximum Gasteiger partial charge on any atom is 0.259 e. The number of carbonyl (C=O) groups is 1. The first-order valence-electron chi connectivity index (χ1n) is 12.1. The second-order valence-electron chi connectivity index (χ2n) is 8.98. The quantitative estimate of drug-likeness (QED) is 0.315. The van der Waals surface area contributed by atoms with E-state index in [4.69, 9.17) is 5.73 Å². The van der Waals surface area contributed by atoms with Crippen LogP contribution in [0.1, 0.15) is 40.3 Å². The molecule has 1 unspecified atom stereocenters. The molecular weight excluding hydrogens is 476 g/mol. The zero-order valence-electron chi connectivity index (χ0n) is 20.8. The van der Waals surface area contributed by atoms with Crippen LogP contribution in [0.3, 0.4) is 0 Å². The molecule has 0 fully saturated rings. The van der Waals surface area contributed by atoms with Crippen LogP contribution in [0.4, 0.5) is 5.82 Å². The van der Waals surface area contributed by atoms with Crippen molar-refractivity contribution in [3.05, 3.63) is 102 Å². The fourth-order valence-electron chi connectivity index (χ4n) is 4.68. The van der Waals surface area contributed by atoms with Gasteiger partial charge in [0.05, 0.1) is 6.04 Å². The number of aryl methyl sites for hydroxylation is 1. The van der Waals surface area contributed by atoms with Gasteiger partial charge in [-0.15, -0.1) is 5.10 Å². The predicted molar refractivity (Wildman–Crippen MR) is 146 cm³/mol. The number of benzene rings is 2. The molecule has 186 valence electrons. The molecule has 0 aliphatic carbocycles. The van der Waals surface area contributed by atoms with Gasteiger partial charge in [-0.05, 0) is 42.7 Å². The number of carbonyl (C=O) groups excluding carboxylic acids is 1. The topological polar surface area (TPSA) is 119 Å². The molecule has 1 amide bonds. The van der Waals surface area contributed by atoms with E-state index in [-0.39, 0.29) is 23.3 Å². The van der Waals surface area contributed by atoms with E-state index in [0.29, 0.717) is 11.3 Å². The number of rotatable bonds is 4. The van der Waals surface area contributed by atoms with E-state index >= 15 is 0 Å². The van der Waals surface area contributed by atoms with Crippen molar-refractivity contribution >= 4 is 28.3 Å². The number of aromatic amines is 1. The Morgan fingerprint density at radius 2 is 1.87 bits per heavy atom. The van der Waals surface area contributed by atoms with Crippen molar-refractivity contribution < 1.29 is 4.79 Å². The molecule has 38 heavy (non-hydrogen) atoms. The Hall–Kier alpha value is -5.36. The van der Waals surface area contributed by atoms with Crippen LogP contribution >= 0.6 is 0 Å². The molecule has 2 aromatic carbocycles. The van der Waals surface area contributed by atoms with Crippen LogP contribution in [0.15, 0.2) is 79.3 Å². The van der Waals surface area contributed by atoms with Crippen molar-refractivity contribution in [2.45, 2.75) is 13.0 Å². The Morgan fingerprint density at radius 3 is 2.66 bits per heavy atom. The fourth-order valence-corrected chi connectivity index (χ4v) is 4.68. The molecule has 9 nitrogen and oxygen atoms in total. The van der Waals surface area contributed by atoms with Crippen molar-refractivity contribution in [2.75, 3.05) is 5.73 Å². The SMILES string of the molecule is CC(NC(=O)c1c(N)nn2cccnc12)c1[nH]c2cccc(C#Cc3ccn(C)n3)c2c1-c1ccccc1. The Balaban J connectivity index is 1.45. The highest BCUT2D eigenvalue weighted by atomic mass is 16.1. The van der Waals surface area contributed by atoms with Gasteiger partial charge in [0.2, 0.25) is 0 Å². The summed E-state index contributed by atoms with van der Waals surface area (Å²) in [6.45, 7) is 1.93. The highest BCUT2D eigenvalue weighted by molar-refractivity contribution is 6.05. The zero-order chi connectivity index (χ0) is 26.2. The van der Waals surface area contributed by atoms with Crippen LogP contribution in [0.2, 0.25) is 0 Å². The van der Waals surface area contributed by atoms with E-state index in [0.717, 1.165) is 33.3 Å². The summed E-state index contributed by atoms with van der Waals surface area (Å²) < 4.78 is 3.23. The normalized spacial score (nSPS) is 11.8. The van der Waals surface area contributed by atoms with Gasteiger partial charge in [0.25, 0.3) is 5.91 Å². The minimum Gasteiger partial charge on any atom is -0.381 e. The first-order valence-corrected chi connectivity index (χ1v) is 12.1. The molecule has 6 aromatic rings. The first-order chi connectivity index (χ1) is 18.5. The third-order valence-electron chi connectivity index (χ3n) is 6.38. The average Bonchev–Trinajstić information content (AvgIpc) is 3.62. The molecule has 9 heteroatoms. The minimum absolute atomic E-state index is 0.125. The maximum absolute atomic E-state index is 13.4. The van der Waals surface area contributed by atoms with E-state index in [2.05, 4.69) is 49.5 Å². The van der Waals surface area contributed by atoms with E-state index < -0.39 is 0 Å². The summed E-state index contributed by atoms with van der Waals surface area (Å²) in [4.78, 5) is 21.2. The number of nitrogen functional groups attached to an aromatic ring is 1. The maximum atomic E-state index is 13.4. The summed E-state index contributed by atoms with van der Waals surface area (Å²) in [5, 5.41) is 12.7.